The first-order valence-corrected chi connectivity index (χ1v) is 15.5. The van der Waals surface area contributed by atoms with E-state index >= 15 is 0 Å². The van der Waals surface area contributed by atoms with Crippen LogP contribution in [0.4, 0.5) is 5.82 Å². The molecule has 44 heavy (non-hydrogen) atoms. The van der Waals surface area contributed by atoms with Crippen LogP contribution in [0, 0.1) is 0 Å². The van der Waals surface area contributed by atoms with Crippen LogP contribution in [0.25, 0.3) is 11.2 Å². The average Bonchev–Trinajstić information content (AvgIpc) is 3.61. The first-order valence-electron chi connectivity index (χ1n) is 12.6. The molecule has 2 fully saturated rings. The number of rotatable bonds is 11. The molecule has 1 amide bonds. The van der Waals surface area contributed by atoms with E-state index in [0.29, 0.717) is 0 Å². The maximum Gasteiger partial charge on any atom is 0.292 e. The number of aliphatic hydroxyl groups excluding tert-OH is 4. The maximum atomic E-state index is 12.3. The van der Waals surface area contributed by atoms with Crippen LogP contribution in [-0.4, -0.2) is 95.7 Å². The monoisotopic (exact) mass is 662 g/mol. The molecule has 2 saturated heterocycles. The molecule has 240 valence electrons. The summed E-state index contributed by atoms with van der Waals surface area (Å²) in [6.45, 7) is -1.98. The highest BCUT2D eigenvalue weighted by atomic mass is 31.3. The Kier molecular flexibility index (Phi) is 9.13. The van der Waals surface area contributed by atoms with E-state index in [1.807, 2.05) is 0 Å². The van der Waals surface area contributed by atoms with Gasteiger partial charge in [-0.25, -0.2) is 19.3 Å². The molecule has 0 aliphatic carbocycles. The third kappa shape index (κ3) is 6.65. The van der Waals surface area contributed by atoms with Gasteiger partial charge in [-0.3, -0.25) is 18.5 Å². The Bertz CT molecular complexity index is 1630. The molecule has 0 radical (unpaired) electrons. The van der Waals surface area contributed by atoms with Gasteiger partial charge >= 0.3 is 0 Å². The lowest BCUT2D eigenvalue weighted by Crippen LogP contribution is -2.46. The van der Waals surface area contributed by atoms with Gasteiger partial charge in [0.1, 0.15) is 47.9 Å². The molecule has 2 aliphatic rings. The number of phosphoric ester groups is 2. The van der Waals surface area contributed by atoms with Crippen molar-refractivity contribution in [3.8, 4) is 0 Å². The summed E-state index contributed by atoms with van der Waals surface area (Å²) in [7, 11) is -11.4. The van der Waals surface area contributed by atoms with Crippen LogP contribution in [0.15, 0.2) is 37.2 Å². The third-order valence-electron chi connectivity index (χ3n) is 6.73. The Balaban J connectivity index is 1.16. The number of carbonyl (C=O) groups excluding carboxylic acids is 1. The average molecular weight is 662 g/mol. The number of nitrogens with two attached hydrogens (primary N) is 2. The van der Waals surface area contributed by atoms with Crippen molar-refractivity contribution < 1.29 is 71.5 Å². The van der Waals surface area contributed by atoms with Crippen molar-refractivity contribution in [2.24, 2.45) is 5.73 Å². The summed E-state index contributed by atoms with van der Waals surface area (Å²) in [4.78, 5) is 47.8. The number of imidazole rings is 1. The summed E-state index contributed by atoms with van der Waals surface area (Å²) in [5.41, 5.74) is 11.3. The van der Waals surface area contributed by atoms with Crippen molar-refractivity contribution >= 4 is 38.5 Å². The number of carbonyl (C=O) groups is 1. The molecule has 3 aromatic rings. The molecule has 10 atom stereocenters. The summed E-state index contributed by atoms with van der Waals surface area (Å²) in [5, 5.41) is 41.5. The first kappa shape index (κ1) is 32.4. The fourth-order valence-corrected chi connectivity index (χ4v) is 6.58. The van der Waals surface area contributed by atoms with Gasteiger partial charge in [0.25, 0.3) is 27.8 Å². The van der Waals surface area contributed by atoms with Crippen molar-refractivity contribution in [2.75, 3.05) is 18.9 Å². The van der Waals surface area contributed by atoms with Crippen molar-refractivity contribution in [3.05, 3.63) is 42.7 Å². The van der Waals surface area contributed by atoms with Crippen LogP contribution in [0.3, 0.4) is 0 Å². The summed E-state index contributed by atoms with van der Waals surface area (Å²) in [6.07, 6.45) is -7.26. The van der Waals surface area contributed by atoms with Gasteiger partial charge in [-0.05, 0) is 6.07 Å². The maximum absolute atomic E-state index is 12.3. The molecule has 0 aromatic carbocycles. The van der Waals surface area contributed by atoms with Crippen LogP contribution in [0.5, 0.6) is 0 Å². The van der Waals surface area contributed by atoms with Gasteiger partial charge < -0.3 is 60.2 Å². The van der Waals surface area contributed by atoms with E-state index < -0.39 is 83.8 Å². The number of aliphatic hydroxyl groups is 4. The van der Waals surface area contributed by atoms with Gasteiger partial charge in [-0.15, -0.1) is 0 Å². The normalized spacial score (nSPS) is 31.6. The fourth-order valence-electron chi connectivity index (χ4n) is 4.56. The quantitative estimate of drug-likeness (QED) is 0.0835. The number of nitrogens with zero attached hydrogens (tertiary/aromatic N) is 5. The Morgan fingerprint density at radius 1 is 1.00 bits per heavy atom. The highest BCUT2D eigenvalue weighted by Gasteiger charge is 2.49. The Morgan fingerprint density at radius 3 is 2.30 bits per heavy atom. The van der Waals surface area contributed by atoms with Crippen molar-refractivity contribution in [3.63, 3.8) is 0 Å². The highest BCUT2D eigenvalue weighted by molar-refractivity contribution is 7.59. The first-order chi connectivity index (χ1) is 20.7. The highest BCUT2D eigenvalue weighted by Crippen LogP contribution is 2.56. The molecular weight excluding hydrogens is 636 g/mol. The minimum Gasteiger partial charge on any atom is -0.756 e. The second kappa shape index (κ2) is 12.4. The largest absolute Gasteiger partial charge is 0.756 e. The van der Waals surface area contributed by atoms with E-state index in [9.17, 15) is 44.1 Å². The molecule has 5 unspecified atom stereocenters. The molecule has 3 aromatic heterocycles. The summed E-state index contributed by atoms with van der Waals surface area (Å²) < 4.78 is 51.1. The van der Waals surface area contributed by atoms with Crippen molar-refractivity contribution in [2.45, 2.75) is 49.1 Å². The molecule has 0 bridgehead atoms. The summed E-state index contributed by atoms with van der Waals surface area (Å²) in [5.74, 6) is -0.743. The van der Waals surface area contributed by atoms with Gasteiger partial charge in [0, 0.05) is 6.07 Å². The number of anilines is 1. The topological polar surface area (TPSA) is 324 Å². The Morgan fingerprint density at radius 2 is 1.64 bits per heavy atom. The number of pyridine rings is 1. The van der Waals surface area contributed by atoms with Crippen LogP contribution in [0.1, 0.15) is 22.8 Å². The number of amides is 1. The van der Waals surface area contributed by atoms with Crippen LogP contribution in [0.2, 0.25) is 0 Å². The van der Waals surface area contributed by atoms with Crippen LogP contribution < -0.4 is 25.8 Å². The van der Waals surface area contributed by atoms with E-state index in [2.05, 4.69) is 28.3 Å². The van der Waals surface area contributed by atoms with E-state index in [4.69, 9.17) is 20.9 Å². The smallest absolute Gasteiger partial charge is 0.292 e. The van der Waals surface area contributed by atoms with Crippen LogP contribution >= 0.6 is 15.6 Å². The second-order valence-corrected chi connectivity index (χ2v) is 12.6. The summed E-state index contributed by atoms with van der Waals surface area (Å²) in [6, 6.07) is 2.80. The molecule has 0 saturated carbocycles. The molecular formula is C21H26N7O14P2-. The minimum absolute atomic E-state index is 0.0363. The number of phosphoric acid groups is 2. The number of ether oxygens (including phenoxy) is 2. The predicted octanol–water partition coefficient (Wildman–Crippen LogP) is -4.28. The van der Waals surface area contributed by atoms with E-state index in [1.165, 1.54) is 40.0 Å². The molecule has 5 heterocycles. The predicted molar refractivity (Wildman–Crippen MR) is 135 cm³/mol. The van der Waals surface area contributed by atoms with Gasteiger partial charge in [0.15, 0.2) is 36.2 Å². The van der Waals surface area contributed by atoms with Gasteiger partial charge in [0.2, 0.25) is 0 Å². The van der Waals surface area contributed by atoms with Gasteiger partial charge in [-0.2, -0.15) is 4.57 Å². The lowest BCUT2D eigenvalue weighted by molar-refractivity contribution is -0.765. The Hall–Kier alpha value is -3.01. The number of aromatic nitrogens is 5. The lowest BCUT2D eigenvalue weighted by Gasteiger charge is -2.31. The van der Waals surface area contributed by atoms with Gasteiger partial charge in [-0.1, -0.05) is 0 Å². The van der Waals surface area contributed by atoms with Crippen molar-refractivity contribution in [1.29, 1.82) is 0 Å². The van der Waals surface area contributed by atoms with E-state index in [-0.39, 0.29) is 22.5 Å². The molecule has 23 heteroatoms. The number of primary amides is 1. The van der Waals surface area contributed by atoms with E-state index in [1.54, 1.807) is 0 Å². The fraction of sp³-hybridized carbons (Fsp3) is 0.476. The number of hydrogen-bond donors (Lipinski definition) is 6. The molecule has 2 aliphatic heterocycles. The molecule has 0 spiro atoms. The standard InChI is InChI=1S/C21H27N7O14P2/c22-17-12-19(25-7-24-17)28(8-26-12)21-16(32)14(30)11(41-21)6-39-44(36,37)42-43(34,35)38-5-10-13(29)15(31)20(40-10)27-3-1-2-9(4-27)18(23)33/h1-4,7-8,10-11,13-16,20-21,29-32H,5-6H2,(H5-,22,23,24,25,33,34,35,36,37)/p-1/t10-,11+,13?,14-,15?,16?,20-,21+/m0/s1. The minimum atomic E-state index is -5.68. The number of nitrogen functional groups attached to an aromatic ring is 1. The SMILES string of the molecule is NC(=O)c1ccc[n+]([C@H]2O[C@@H](COP(=O)([O-])OP(=O)([O-])OC[C@H]3O[C@@H](n4cnc5c(N)ncnc54)C(O)[C@H]3O)C(O)C2O)c1. The molecule has 21 nitrogen and oxygen atoms in total. The zero-order valence-corrected chi connectivity index (χ0v) is 23.9. The van der Waals surface area contributed by atoms with Gasteiger partial charge in [0.05, 0.1) is 19.5 Å². The second-order valence-electron chi connectivity index (χ2n) is 9.65. The number of hydrogen-bond acceptors (Lipinski definition) is 18. The lowest BCUT2D eigenvalue weighted by atomic mass is 10.1. The van der Waals surface area contributed by atoms with Crippen molar-refractivity contribution in [1.82, 2.24) is 19.5 Å². The third-order valence-corrected chi connectivity index (χ3v) is 9.26. The molecule has 8 N–H and O–H groups in total. The zero-order valence-electron chi connectivity index (χ0n) is 22.2. The number of fused-ring (bicyclic) bond motifs is 1. The molecule has 5 rings (SSSR count). The zero-order chi connectivity index (χ0) is 32.0. The van der Waals surface area contributed by atoms with Crippen LogP contribution in [-0.2, 0) is 32.0 Å². The van der Waals surface area contributed by atoms with E-state index in [0.717, 1.165) is 6.33 Å². The Labute approximate surface area is 246 Å². The summed E-state index contributed by atoms with van der Waals surface area (Å²) >= 11 is 0.